The highest BCUT2D eigenvalue weighted by molar-refractivity contribution is 8.00. The molecule has 9 heteroatoms. The summed E-state index contributed by atoms with van der Waals surface area (Å²) in [5.41, 5.74) is -0.229. The Morgan fingerprint density at radius 1 is 1.26 bits per heavy atom. The zero-order valence-electron chi connectivity index (χ0n) is 13.9. The number of benzene rings is 2. The van der Waals surface area contributed by atoms with E-state index in [9.17, 15) is 22.8 Å². The lowest BCUT2D eigenvalue weighted by atomic mass is 10.1. The molecule has 1 unspecified atom stereocenters. The highest BCUT2D eigenvalue weighted by atomic mass is 35.5. The van der Waals surface area contributed by atoms with Crippen LogP contribution in [0, 0.1) is 0 Å². The van der Waals surface area contributed by atoms with Crippen molar-refractivity contribution in [1.29, 1.82) is 0 Å². The van der Waals surface area contributed by atoms with E-state index in [1.54, 1.807) is 19.1 Å². The van der Waals surface area contributed by atoms with Crippen LogP contribution in [0.3, 0.4) is 0 Å². The van der Waals surface area contributed by atoms with Crippen LogP contribution in [0.1, 0.15) is 22.8 Å². The first-order chi connectivity index (χ1) is 12.6. The van der Waals surface area contributed by atoms with Gasteiger partial charge in [0.2, 0.25) is 0 Å². The number of nitrogens with one attached hydrogen (secondary N) is 1. The fraction of sp³-hybridized carbons (Fsp3) is 0.222. The van der Waals surface area contributed by atoms with Crippen molar-refractivity contribution in [3.63, 3.8) is 0 Å². The Morgan fingerprint density at radius 2 is 2.00 bits per heavy atom. The summed E-state index contributed by atoms with van der Waals surface area (Å²) >= 11 is 6.61. The zero-order chi connectivity index (χ0) is 19.8. The predicted octanol–water partition coefficient (Wildman–Crippen LogP) is 5.05. The van der Waals surface area contributed by atoms with Crippen LogP contribution in [0.4, 0.5) is 18.9 Å². The van der Waals surface area contributed by atoms with Gasteiger partial charge < -0.3 is 10.1 Å². The number of Topliss-reactive ketones (excluding diaryl/α,β-unsaturated/α-hetero) is 1. The molecule has 1 amide bonds. The summed E-state index contributed by atoms with van der Waals surface area (Å²) in [4.78, 5) is 24.3. The highest BCUT2D eigenvalue weighted by Crippen LogP contribution is 2.38. The second-order valence-corrected chi connectivity index (χ2v) is 7.63. The average molecular weight is 416 g/mol. The smallest absolute Gasteiger partial charge is 0.417 e. The standard InChI is InChI=1S/C18H13ClF3NO3S/c1-9(27-11-3-4-13(19)12(7-11)18(20,21)22)17(25)10-2-5-15-14(6-10)23-16(24)8-26-15/h2-7,9H,8H2,1H3,(H,23,24). The van der Waals surface area contributed by atoms with Crippen molar-refractivity contribution in [3.8, 4) is 5.75 Å². The third-order valence-electron chi connectivity index (χ3n) is 3.82. The van der Waals surface area contributed by atoms with Gasteiger partial charge >= 0.3 is 6.18 Å². The fourth-order valence-corrected chi connectivity index (χ4v) is 3.73. The van der Waals surface area contributed by atoms with Gasteiger partial charge in [-0.25, -0.2) is 0 Å². The van der Waals surface area contributed by atoms with Gasteiger partial charge in [0.1, 0.15) is 5.75 Å². The highest BCUT2D eigenvalue weighted by Gasteiger charge is 2.33. The van der Waals surface area contributed by atoms with E-state index in [1.807, 2.05) is 0 Å². The molecule has 0 saturated heterocycles. The summed E-state index contributed by atoms with van der Waals surface area (Å²) in [6, 6.07) is 8.15. The molecule has 0 radical (unpaired) electrons. The molecule has 0 aromatic heterocycles. The van der Waals surface area contributed by atoms with Gasteiger partial charge in [0.15, 0.2) is 12.4 Å². The van der Waals surface area contributed by atoms with Crippen LogP contribution in [0.15, 0.2) is 41.3 Å². The first-order valence-electron chi connectivity index (χ1n) is 7.79. The number of ether oxygens (including phenoxy) is 1. The molecular weight excluding hydrogens is 403 g/mol. The number of halogens is 4. The van der Waals surface area contributed by atoms with E-state index in [2.05, 4.69) is 5.32 Å². The van der Waals surface area contributed by atoms with E-state index in [4.69, 9.17) is 16.3 Å². The molecule has 2 aromatic carbocycles. The van der Waals surface area contributed by atoms with E-state index in [1.165, 1.54) is 12.1 Å². The van der Waals surface area contributed by atoms with Gasteiger partial charge in [-0.1, -0.05) is 11.6 Å². The molecule has 0 saturated carbocycles. The lowest BCUT2D eigenvalue weighted by Gasteiger charge is -2.19. The Labute approximate surface area is 162 Å². The van der Waals surface area contributed by atoms with Gasteiger partial charge in [-0.05, 0) is 43.3 Å². The van der Waals surface area contributed by atoms with Crippen molar-refractivity contribution < 1.29 is 27.5 Å². The number of carbonyl (C=O) groups is 2. The van der Waals surface area contributed by atoms with Crippen LogP contribution in [0.5, 0.6) is 5.75 Å². The summed E-state index contributed by atoms with van der Waals surface area (Å²) < 4.78 is 44.2. The molecule has 1 N–H and O–H groups in total. The number of hydrogen-bond acceptors (Lipinski definition) is 4. The number of alkyl halides is 3. The quantitative estimate of drug-likeness (QED) is 0.560. The molecule has 1 atom stereocenters. The molecule has 4 nitrogen and oxygen atoms in total. The van der Waals surface area contributed by atoms with Gasteiger partial charge in [0.05, 0.1) is 21.5 Å². The van der Waals surface area contributed by atoms with Crippen molar-refractivity contribution in [2.24, 2.45) is 0 Å². The van der Waals surface area contributed by atoms with Crippen molar-refractivity contribution in [1.82, 2.24) is 0 Å². The van der Waals surface area contributed by atoms with Crippen LogP contribution in [0.2, 0.25) is 5.02 Å². The zero-order valence-corrected chi connectivity index (χ0v) is 15.5. The van der Waals surface area contributed by atoms with Crippen molar-refractivity contribution in [3.05, 3.63) is 52.5 Å². The number of ketones is 1. The average Bonchev–Trinajstić information content (AvgIpc) is 2.61. The molecular formula is C18H13ClF3NO3S. The van der Waals surface area contributed by atoms with Gasteiger partial charge in [-0.3, -0.25) is 9.59 Å². The number of hydrogen-bond donors (Lipinski definition) is 1. The van der Waals surface area contributed by atoms with Crippen LogP contribution < -0.4 is 10.1 Å². The van der Waals surface area contributed by atoms with Crippen LogP contribution in [-0.2, 0) is 11.0 Å². The Balaban J connectivity index is 1.79. The molecule has 0 aliphatic carbocycles. The number of thioether (sulfide) groups is 1. The molecule has 142 valence electrons. The van der Waals surface area contributed by atoms with Gasteiger partial charge in [0, 0.05) is 10.5 Å². The van der Waals surface area contributed by atoms with Crippen LogP contribution in [0.25, 0.3) is 0 Å². The maximum absolute atomic E-state index is 13.0. The van der Waals surface area contributed by atoms with Crippen LogP contribution in [-0.4, -0.2) is 23.5 Å². The molecule has 1 aliphatic heterocycles. The largest absolute Gasteiger partial charge is 0.482 e. The summed E-state index contributed by atoms with van der Waals surface area (Å²) in [7, 11) is 0. The molecule has 2 aromatic rings. The van der Waals surface area contributed by atoms with Gasteiger partial charge in [0.25, 0.3) is 5.91 Å². The van der Waals surface area contributed by atoms with Crippen molar-refractivity contribution >= 4 is 40.7 Å². The van der Waals surface area contributed by atoms with E-state index in [0.717, 1.165) is 23.9 Å². The van der Waals surface area contributed by atoms with E-state index in [-0.39, 0.29) is 23.2 Å². The summed E-state index contributed by atoms with van der Waals surface area (Å²) in [6.07, 6.45) is -4.57. The summed E-state index contributed by atoms with van der Waals surface area (Å²) in [5, 5.41) is 1.57. The monoisotopic (exact) mass is 415 g/mol. The number of anilines is 1. The first kappa shape index (κ1) is 19.6. The van der Waals surface area contributed by atoms with Gasteiger partial charge in [-0.15, -0.1) is 11.8 Å². The summed E-state index contributed by atoms with van der Waals surface area (Å²) in [5.74, 6) is -0.152. The number of carbonyl (C=O) groups excluding carboxylic acids is 2. The number of amides is 1. The van der Waals surface area contributed by atoms with Crippen molar-refractivity contribution in [2.45, 2.75) is 23.2 Å². The lowest BCUT2D eigenvalue weighted by molar-refractivity contribution is -0.137. The third kappa shape index (κ3) is 4.39. The minimum Gasteiger partial charge on any atom is -0.482 e. The van der Waals surface area contributed by atoms with E-state index in [0.29, 0.717) is 17.0 Å². The number of fused-ring (bicyclic) bond motifs is 1. The molecule has 3 rings (SSSR count). The molecule has 0 bridgehead atoms. The molecule has 1 heterocycles. The van der Waals surface area contributed by atoms with E-state index < -0.39 is 22.0 Å². The second-order valence-electron chi connectivity index (χ2n) is 5.81. The van der Waals surface area contributed by atoms with Crippen LogP contribution >= 0.6 is 23.4 Å². The number of rotatable bonds is 4. The van der Waals surface area contributed by atoms with Crippen molar-refractivity contribution in [2.75, 3.05) is 11.9 Å². The maximum Gasteiger partial charge on any atom is 0.417 e. The topological polar surface area (TPSA) is 55.4 Å². The van der Waals surface area contributed by atoms with E-state index >= 15 is 0 Å². The Kier molecular flexibility index (Phi) is 5.39. The Morgan fingerprint density at radius 3 is 2.70 bits per heavy atom. The second kappa shape index (κ2) is 7.44. The Hall–Kier alpha value is -2.19. The molecule has 1 aliphatic rings. The summed E-state index contributed by atoms with van der Waals surface area (Å²) in [6.45, 7) is 1.51. The molecule has 0 spiro atoms. The normalized spacial score (nSPS) is 14.8. The predicted molar refractivity (Wildman–Crippen MR) is 96.7 cm³/mol. The SMILES string of the molecule is CC(Sc1ccc(Cl)c(C(F)(F)F)c1)C(=O)c1ccc2c(c1)NC(=O)CO2. The van der Waals surface area contributed by atoms with Gasteiger partial charge in [-0.2, -0.15) is 13.2 Å². The lowest BCUT2D eigenvalue weighted by Crippen LogP contribution is -2.25. The molecule has 0 fully saturated rings. The maximum atomic E-state index is 13.0. The fourth-order valence-electron chi connectivity index (χ4n) is 2.52. The first-order valence-corrected chi connectivity index (χ1v) is 9.05. The Bertz CT molecular complexity index is 917. The minimum atomic E-state index is -4.57. The minimum absolute atomic E-state index is 0.0926. The molecule has 27 heavy (non-hydrogen) atoms. The third-order valence-corrected chi connectivity index (χ3v) is 5.25.